The molecule has 0 aliphatic carbocycles. The van der Waals surface area contributed by atoms with E-state index in [1.54, 1.807) is 13.0 Å². The van der Waals surface area contributed by atoms with Crippen LogP contribution in [0.15, 0.2) is 23.1 Å². The van der Waals surface area contributed by atoms with E-state index in [4.69, 9.17) is 5.73 Å². The largest absolute Gasteiger partial charge is 0.397 e. The molecule has 0 saturated carbocycles. The molecule has 1 aromatic rings. The van der Waals surface area contributed by atoms with Crippen molar-refractivity contribution >= 4 is 33.2 Å². The molecule has 1 rings (SSSR count). The topological polar surface area (TPSA) is 95.7 Å². The van der Waals surface area contributed by atoms with Crippen LogP contribution in [0, 0.1) is 0 Å². The third-order valence-electron chi connectivity index (χ3n) is 2.92. The molecule has 0 aromatic heterocycles. The van der Waals surface area contributed by atoms with E-state index in [1.165, 1.54) is 38.0 Å². The van der Waals surface area contributed by atoms with Crippen LogP contribution in [0.5, 0.6) is 0 Å². The minimum atomic E-state index is -3.51. The van der Waals surface area contributed by atoms with Gasteiger partial charge in [0, 0.05) is 26.4 Å². The highest BCUT2D eigenvalue weighted by molar-refractivity contribution is 7.98. The van der Waals surface area contributed by atoms with Crippen LogP contribution >= 0.6 is 11.8 Å². The molecular weight excluding hydrogens is 310 g/mol. The normalized spacial score (nSPS) is 15.0. The molecule has 0 heterocycles. The lowest BCUT2D eigenvalue weighted by molar-refractivity contribution is 0.0997. The fourth-order valence-electron chi connectivity index (χ4n) is 1.71. The second-order valence-electron chi connectivity index (χ2n) is 5.32. The maximum Gasteiger partial charge on any atom is 0.242 e. The number of nitrogens with zero attached hydrogens (tertiary/aromatic N) is 1. The van der Waals surface area contributed by atoms with Gasteiger partial charge in [-0.1, -0.05) is 0 Å². The molecule has 0 fully saturated rings. The smallest absolute Gasteiger partial charge is 0.242 e. The number of rotatable bonds is 7. The summed E-state index contributed by atoms with van der Waals surface area (Å²) in [6, 6.07) is 4.50. The van der Waals surface area contributed by atoms with Gasteiger partial charge in [-0.25, -0.2) is 12.7 Å². The number of nitrogen functional groups attached to an aromatic ring is 1. The van der Waals surface area contributed by atoms with Crippen LogP contribution in [-0.2, 0) is 10.0 Å². The number of thioether (sulfide) groups is 1. The molecule has 6 nitrogen and oxygen atoms in total. The Kier molecular flexibility index (Phi) is 5.92. The molecule has 120 valence electrons. The summed E-state index contributed by atoms with van der Waals surface area (Å²) in [4.78, 5) is 0.161. The highest BCUT2D eigenvalue weighted by Crippen LogP contribution is 2.25. The van der Waals surface area contributed by atoms with Gasteiger partial charge in [-0.05, 0) is 31.4 Å². The number of anilines is 2. The number of aliphatic hydroxyl groups is 1. The number of nitrogens with one attached hydrogen (secondary N) is 1. The quantitative estimate of drug-likeness (QED) is 0.646. The molecule has 0 saturated heterocycles. The molecule has 1 aromatic carbocycles. The Bertz CT molecular complexity index is 586. The van der Waals surface area contributed by atoms with Crippen molar-refractivity contribution in [1.29, 1.82) is 0 Å². The van der Waals surface area contributed by atoms with Crippen molar-refractivity contribution in [3.05, 3.63) is 18.2 Å². The van der Waals surface area contributed by atoms with Crippen molar-refractivity contribution in [2.45, 2.75) is 17.4 Å². The van der Waals surface area contributed by atoms with Gasteiger partial charge in [0.05, 0.1) is 21.9 Å². The van der Waals surface area contributed by atoms with Crippen LogP contribution in [-0.4, -0.2) is 56.1 Å². The molecule has 0 aliphatic heterocycles. The Morgan fingerprint density at radius 3 is 2.57 bits per heavy atom. The summed E-state index contributed by atoms with van der Waals surface area (Å²) in [5, 5.41) is 13.2. The number of nitrogens with two attached hydrogens (primary N) is 1. The Morgan fingerprint density at radius 2 is 2.05 bits per heavy atom. The average molecular weight is 333 g/mol. The molecule has 0 radical (unpaired) electrons. The number of hydrogen-bond donors (Lipinski definition) is 3. The summed E-state index contributed by atoms with van der Waals surface area (Å²) in [7, 11) is -0.560. The van der Waals surface area contributed by atoms with Gasteiger partial charge < -0.3 is 16.2 Å². The van der Waals surface area contributed by atoms with E-state index < -0.39 is 15.6 Å². The fourth-order valence-corrected chi connectivity index (χ4v) is 3.36. The summed E-state index contributed by atoms with van der Waals surface area (Å²) < 4.78 is 25.4. The molecule has 8 heteroatoms. The first kappa shape index (κ1) is 18.1. The molecule has 0 aliphatic rings. The molecule has 4 N–H and O–H groups in total. The van der Waals surface area contributed by atoms with E-state index in [1.807, 2.05) is 6.26 Å². The van der Waals surface area contributed by atoms with Crippen molar-refractivity contribution in [1.82, 2.24) is 4.31 Å². The Morgan fingerprint density at radius 1 is 1.43 bits per heavy atom. The number of sulfonamides is 1. The van der Waals surface area contributed by atoms with Crippen molar-refractivity contribution in [3.63, 3.8) is 0 Å². The minimum absolute atomic E-state index is 0.161. The standard InChI is InChI=1S/C13H23N3O3S2/c1-13(17,9-20-4)8-15-12-7-10(5-6-11(12)14)21(18,19)16(2)3/h5-7,15,17H,8-9,14H2,1-4H3. The maximum atomic E-state index is 12.1. The monoisotopic (exact) mass is 333 g/mol. The van der Waals surface area contributed by atoms with Crippen LogP contribution in [0.4, 0.5) is 11.4 Å². The van der Waals surface area contributed by atoms with E-state index in [0.717, 1.165) is 4.31 Å². The van der Waals surface area contributed by atoms with E-state index >= 15 is 0 Å². The molecule has 1 atom stereocenters. The molecule has 0 bridgehead atoms. The molecular formula is C13H23N3O3S2. The maximum absolute atomic E-state index is 12.1. The second kappa shape index (κ2) is 6.87. The molecule has 0 spiro atoms. The third kappa shape index (κ3) is 4.77. The van der Waals surface area contributed by atoms with Crippen LogP contribution in [0.1, 0.15) is 6.92 Å². The van der Waals surface area contributed by atoms with Crippen LogP contribution < -0.4 is 11.1 Å². The van der Waals surface area contributed by atoms with Crippen LogP contribution in [0.2, 0.25) is 0 Å². The van der Waals surface area contributed by atoms with Crippen LogP contribution in [0.3, 0.4) is 0 Å². The second-order valence-corrected chi connectivity index (χ2v) is 8.34. The zero-order valence-corrected chi connectivity index (χ0v) is 14.4. The van der Waals surface area contributed by atoms with Crippen LogP contribution in [0.25, 0.3) is 0 Å². The Labute approximate surface area is 130 Å². The highest BCUT2D eigenvalue weighted by atomic mass is 32.2. The fraction of sp³-hybridized carbons (Fsp3) is 0.538. The highest BCUT2D eigenvalue weighted by Gasteiger charge is 2.21. The summed E-state index contributed by atoms with van der Waals surface area (Å²) in [5.41, 5.74) is 5.89. The first-order valence-electron chi connectivity index (χ1n) is 6.37. The predicted octanol–water partition coefficient (Wildman–Crippen LogP) is 1.04. The minimum Gasteiger partial charge on any atom is -0.397 e. The number of benzene rings is 1. The lowest BCUT2D eigenvalue weighted by atomic mass is 10.1. The summed E-state index contributed by atoms with van der Waals surface area (Å²) in [5.74, 6) is 0.565. The van der Waals surface area contributed by atoms with Gasteiger partial charge in [-0.3, -0.25) is 0 Å². The summed E-state index contributed by atoms with van der Waals surface area (Å²) in [6.07, 6.45) is 1.91. The van der Waals surface area contributed by atoms with Gasteiger partial charge >= 0.3 is 0 Å². The summed E-state index contributed by atoms with van der Waals surface area (Å²) in [6.45, 7) is 2.00. The van der Waals surface area contributed by atoms with E-state index in [9.17, 15) is 13.5 Å². The molecule has 1 unspecified atom stereocenters. The molecule has 21 heavy (non-hydrogen) atoms. The van der Waals surface area contributed by atoms with Crippen molar-refractivity contribution in [3.8, 4) is 0 Å². The first-order chi connectivity index (χ1) is 9.60. The SMILES string of the molecule is CSCC(C)(O)CNc1cc(S(=O)(=O)N(C)C)ccc1N. The van der Waals surface area contributed by atoms with Gasteiger partial charge in [-0.2, -0.15) is 11.8 Å². The lowest BCUT2D eigenvalue weighted by Crippen LogP contribution is -2.36. The average Bonchev–Trinajstić information content (AvgIpc) is 2.37. The lowest BCUT2D eigenvalue weighted by Gasteiger charge is -2.24. The van der Waals surface area contributed by atoms with Gasteiger partial charge in [0.25, 0.3) is 0 Å². The summed E-state index contributed by atoms with van der Waals surface area (Å²) >= 11 is 1.54. The van der Waals surface area contributed by atoms with Gasteiger partial charge in [-0.15, -0.1) is 0 Å². The van der Waals surface area contributed by atoms with Gasteiger partial charge in [0.15, 0.2) is 0 Å². The third-order valence-corrected chi connectivity index (χ3v) is 5.64. The first-order valence-corrected chi connectivity index (χ1v) is 9.21. The van der Waals surface area contributed by atoms with Gasteiger partial charge in [0.1, 0.15) is 0 Å². The van der Waals surface area contributed by atoms with Crippen molar-refractivity contribution < 1.29 is 13.5 Å². The van der Waals surface area contributed by atoms with Crippen molar-refractivity contribution in [2.24, 2.45) is 0 Å². The van der Waals surface area contributed by atoms with Gasteiger partial charge in [0.2, 0.25) is 10.0 Å². The van der Waals surface area contributed by atoms with E-state index in [0.29, 0.717) is 17.1 Å². The predicted molar refractivity (Wildman–Crippen MR) is 89.2 cm³/mol. The Balaban J connectivity index is 2.99. The zero-order valence-electron chi connectivity index (χ0n) is 12.8. The Hall–Kier alpha value is -0.960. The number of hydrogen-bond acceptors (Lipinski definition) is 6. The van der Waals surface area contributed by atoms with E-state index in [2.05, 4.69) is 5.32 Å². The van der Waals surface area contributed by atoms with E-state index in [-0.39, 0.29) is 11.4 Å². The zero-order chi connectivity index (χ0) is 16.3. The van der Waals surface area contributed by atoms with Crippen molar-refractivity contribution in [2.75, 3.05) is 43.7 Å². The molecule has 0 amide bonds.